The molecule has 19 heavy (non-hydrogen) atoms. The van der Waals surface area contributed by atoms with Crippen LogP contribution in [0.2, 0.25) is 0 Å². The van der Waals surface area contributed by atoms with Crippen LogP contribution in [0.15, 0.2) is 29.3 Å². The minimum Gasteiger partial charge on any atom is -0.317 e. The third-order valence-corrected chi connectivity index (χ3v) is 3.61. The van der Waals surface area contributed by atoms with E-state index < -0.39 is 5.54 Å². The summed E-state index contributed by atoms with van der Waals surface area (Å²) in [5.41, 5.74) is -0.00780. The molecule has 0 aliphatic carbocycles. The summed E-state index contributed by atoms with van der Waals surface area (Å²) in [6, 6.07) is 6.44. The number of rotatable bonds is 2. The normalized spacial score (nSPS) is 21.1. The quantitative estimate of drug-likeness (QED) is 0.835. The van der Waals surface area contributed by atoms with Gasteiger partial charge >= 0.3 is 0 Å². The van der Waals surface area contributed by atoms with Gasteiger partial charge in [0.2, 0.25) is 0 Å². The van der Waals surface area contributed by atoms with Crippen LogP contribution in [0.1, 0.15) is 18.4 Å². The molecule has 1 spiro atoms. The van der Waals surface area contributed by atoms with Crippen molar-refractivity contribution in [3.63, 3.8) is 0 Å². The number of halogens is 1. The first-order valence-corrected chi connectivity index (χ1v) is 6.25. The van der Waals surface area contributed by atoms with Gasteiger partial charge in [-0.05, 0) is 38.1 Å². The third-order valence-electron chi connectivity index (χ3n) is 3.61. The van der Waals surface area contributed by atoms with Crippen LogP contribution in [-0.2, 0) is 4.79 Å². The van der Waals surface area contributed by atoms with Crippen LogP contribution in [0, 0.1) is 0 Å². The van der Waals surface area contributed by atoms with Gasteiger partial charge in [-0.15, -0.1) is 0 Å². The molecule has 2 aliphatic heterocycles. The maximum Gasteiger partial charge on any atom is 0.253 e. The second-order valence-corrected chi connectivity index (χ2v) is 4.80. The summed E-state index contributed by atoms with van der Waals surface area (Å²) in [6.45, 7) is 1.55. The molecule has 3 rings (SSSR count). The number of aliphatic imine (C=N–C) groups is 1. The van der Waals surface area contributed by atoms with Gasteiger partial charge in [0.25, 0.3) is 5.91 Å². The SMILES string of the molecule is O=C1NC(c2cccc(OF)c2)=NC12CCNCC2. The predicted octanol–water partition coefficient (Wildman–Crippen LogP) is 0.949. The van der Waals surface area contributed by atoms with E-state index in [-0.39, 0.29) is 11.7 Å². The highest BCUT2D eigenvalue weighted by atomic mass is 19.3. The molecule has 0 bridgehead atoms. The maximum absolute atomic E-state index is 12.2. The number of carbonyl (C=O) groups excluding carboxylic acids is 1. The number of hydrogen-bond acceptors (Lipinski definition) is 4. The fourth-order valence-electron chi connectivity index (χ4n) is 2.52. The van der Waals surface area contributed by atoms with Gasteiger partial charge < -0.3 is 10.6 Å². The van der Waals surface area contributed by atoms with Crippen molar-refractivity contribution in [2.45, 2.75) is 18.4 Å². The van der Waals surface area contributed by atoms with Crippen molar-refractivity contribution in [3.8, 4) is 5.75 Å². The minimum absolute atomic E-state index is 0.0735. The fourth-order valence-corrected chi connectivity index (χ4v) is 2.52. The summed E-state index contributed by atoms with van der Waals surface area (Å²) in [6.07, 6.45) is 1.36. The Bertz CT molecular complexity index is 538. The molecule has 0 atom stereocenters. The fraction of sp³-hybridized carbons (Fsp3) is 0.385. The average molecular weight is 263 g/mol. The average Bonchev–Trinajstić information content (AvgIpc) is 2.77. The van der Waals surface area contributed by atoms with Crippen molar-refractivity contribution in [2.24, 2.45) is 4.99 Å². The van der Waals surface area contributed by atoms with Crippen LogP contribution in [0.25, 0.3) is 0 Å². The molecule has 6 heteroatoms. The Kier molecular flexibility index (Phi) is 2.94. The Labute approximate surface area is 109 Å². The van der Waals surface area contributed by atoms with Gasteiger partial charge in [-0.1, -0.05) is 12.1 Å². The lowest BCUT2D eigenvalue weighted by Gasteiger charge is -2.28. The number of amidine groups is 1. The second kappa shape index (κ2) is 4.62. The second-order valence-electron chi connectivity index (χ2n) is 4.80. The number of nitrogens with zero attached hydrogens (tertiary/aromatic N) is 1. The summed E-state index contributed by atoms with van der Waals surface area (Å²) in [4.78, 5) is 20.4. The Hall–Kier alpha value is -1.95. The molecule has 1 aromatic rings. The Morgan fingerprint density at radius 1 is 1.32 bits per heavy atom. The first kappa shape index (κ1) is 12.1. The summed E-state index contributed by atoms with van der Waals surface area (Å²) in [7, 11) is 0. The van der Waals surface area contributed by atoms with E-state index in [0.717, 1.165) is 13.1 Å². The van der Waals surface area contributed by atoms with Crippen LogP contribution in [0.5, 0.6) is 5.75 Å². The summed E-state index contributed by atoms with van der Waals surface area (Å²) < 4.78 is 12.2. The van der Waals surface area contributed by atoms with Crippen molar-refractivity contribution in [3.05, 3.63) is 29.8 Å². The zero-order valence-electron chi connectivity index (χ0n) is 10.3. The molecule has 5 nitrogen and oxygen atoms in total. The van der Waals surface area contributed by atoms with E-state index >= 15 is 0 Å². The Morgan fingerprint density at radius 3 is 2.84 bits per heavy atom. The van der Waals surface area contributed by atoms with Crippen molar-refractivity contribution in [2.75, 3.05) is 13.1 Å². The van der Waals surface area contributed by atoms with Crippen LogP contribution in [-0.4, -0.2) is 30.4 Å². The monoisotopic (exact) mass is 263 g/mol. The van der Waals surface area contributed by atoms with E-state index in [1.165, 1.54) is 12.1 Å². The van der Waals surface area contributed by atoms with Crippen LogP contribution >= 0.6 is 0 Å². The number of carbonyl (C=O) groups is 1. The van der Waals surface area contributed by atoms with E-state index in [1.54, 1.807) is 12.1 Å². The highest BCUT2D eigenvalue weighted by Crippen LogP contribution is 2.28. The molecular weight excluding hydrogens is 249 g/mol. The van der Waals surface area contributed by atoms with Gasteiger partial charge in [0, 0.05) is 10.1 Å². The predicted molar refractivity (Wildman–Crippen MR) is 67.7 cm³/mol. The first-order chi connectivity index (χ1) is 9.23. The lowest BCUT2D eigenvalue weighted by atomic mass is 9.89. The molecule has 100 valence electrons. The molecule has 0 radical (unpaired) electrons. The summed E-state index contributed by atoms with van der Waals surface area (Å²) in [5, 5.41) is 6.00. The first-order valence-electron chi connectivity index (χ1n) is 6.25. The van der Waals surface area contributed by atoms with E-state index in [9.17, 15) is 9.32 Å². The van der Waals surface area contributed by atoms with Gasteiger partial charge in [-0.2, -0.15) is 0 Å². The van der Waals surface area contributed by atoms with Crippen molar-refractivity contribution in [1.82, 2.24) is 10.6 Å². The lowest BCUT2D eigenvalue weighted by molar-refractivity contribution is -0.124. The Morgan fingerprint density at radius 2 is 2.11 bits per heavy atom. The van der Waals surface area contributed by atoms with Gasteiger partial charge in [0.05, 0.1) is 0 Å². The van der Waals surface area contributed by atoms with E-state index in [1.807, 2.05) is 0 Å². The standard InChI is InChI=1S/C13H14FN3O2/c14-19-10-3-1-2-9(8-10)11-16-12(18)13(17-11)4-6-15-7-5-13/h1-3,8,15H,4-7H2,(H,16,17,18). The number of piperidine rings is 1. The highest BCUT2D eigenvalue weighted by molar-refractivity contribution is 6.15. The van der Waals surface area contributed by atoms with Crippen LogP contribution in [0.4, 0.5) is 4.53 Å². The van der Waals surface area contributed by atoms with Crippen LogP contribution < -0.4 is 15.6 Å². The van der Waals surface area contributed by atoms with Crippen molar-refractivity contribution >= 4 is 11.7 Å². The van der Waals surface area contributed by atoms with Gasteiger partial charge in [0.1, 0.15) is 11.4 Å². The van der Waals surface area contributed by atoms with Gasteiger partial charge in [-0.25, -0.2) is 0 Å². The zero-order chi connectivity index (χ0) is 13.3. The molecule has 1 fully saturated rings. The molecular formula is C13H14FN3O2. The molecule has 0 unspecified atom stereocenters. The zero-order valence-corrected chi connectivity index (χ0v) is 10.3. The largest absolute Gasteiger partial charge is 0.317 e. The van der Waals surface area contributed by atoms with E-state index in [0.29, 0.717) is 24.2 Å². The number of hydrogen-bond donors (Lipinski definition) is 2. The summed E-state index contributed by atoms with van der Waals surface area (Å²) >= 11 is 0. The van der Waals surface area contributed by atoms with E-state index in [2.05, 4.69) is 20.6 Å². The minimum atomic E-state index is -0.660. The van der Waals surface area contributed by atoms with E-state index in [4.69, 9.17) is 0 Å². The van der Waals surface area contributed by atoms with Gasteiger partial charge in [-0.3, -0.25) is 14.7 Å². The number of amides is 1. The topological polar surface area (TPSA) is 62.7 Å². The summed E-state index contributed by atoms with van der Waals surface area (Å²) in [5.74, 6) is 0.516. The van der Waals surface area contributed by atoms with Crippen molar-refractivity contribution < 1.29 is 14.3 Å². The smallest absolute Gasteiger partial charge is 0.253 e. The third kappa shape index (κ3) is 2.08. The van der Waals surface area contributed by atoms with Gasteiger partial charge in [0.15, 0.2) is 5.75 Å². The molecule has 2 aliphatic rings. The lowest BCUT2D eigenvalue weighted by Crippen LogP contribution is -2.47. The molecule has 1 saturated heterocycles. The number of benzene rings is 1. The Balaban J connectivity index is 1.93. The highest BCUT2D eigenvalue weighted by Gasteiger charge is 2.44. The van der Waals surface area contributed by atoms with Crippen LogP contribution in [0.3, 0.4) is 0 Å². The molecule has 1 aromatic carbocycles. The molecule has 1 amide bonds. The molecule has 0 aromatic heterocycles. The number of nitrogens with one attached hydrogen (secondary N) is 2. The molecule has 0 saturated carbocycles. The maximum atomic E-state index is 12.2. The molecule has 2 N–H and O–H groups in total. The molecule has 2 heterocycles. The van der Waals surface area contributed by atoms with Crippen molar-refractivity contribution in [1.29, 1.82) is 0 Å².